The Bertz CT molecular complexity index is 353. The lowest BCUT2D eigenvalue weighted by atomic mass is 9.68. The Morgan fingerprint density at radius 2 is 2.00 bits per heavy atom. The third-order valence-electron chi connectivity index (χ3n) is 3.46. The molecule has 4 atom stereocenters. The number of hydrogen-bond acceptors (Lipinski definition) is 8. The topological polar surface area (TPSA) is 112 Å². The average Bonchev–Trinajstić information content (AvgIpc) is 2.33. The first-order valence-electron chi connectivity index (χ1n) is 5.24. The Hall–Kier alpha value is -1.22. The van der Waals surface area contributed by atoms with Crippen molar-refractivity contribution in [2.24, 2.45) is 0 Å². The summed E-state index contributed by atoms with van der Waals surface area (Å²) in [5.41, 5.74) is -3.37. The molecule has 0 aromatic heterocycles. The number of aliphatic hydroxyl groups excluding tert-OH is 1. The maximum absolute atomic E-state index is 11.4. The van der Waals surface area contributed by atoms with Crippen molar-refractivity contribution < 1.29 is 38.7 Å². The molecule has 0 unspecified atom stereocenters. The van der Waals surface area contributed by atoms with E-state index in [2.05, 4.69) is 9.47 Å². The van der Waals surface area contributed by atoms with Crippen molar-refractivity contribution in [2.45, 2.75) is 23.4 Å². The molecule has 1 spiro atoms. The van der Waals surface area contributed by atoms with Crippen LogP contribution >= 0.6 is 0 Å². The Morgan fingerprint density at radius 1 is 1.33 bits per heavy atom. The Morgan fingerprint density at radius 3 is 2.33 bits per heavy atom. The van der Waals surface area contributed by atoms with Crippen LogP contribution in [0.15, 0.2) is 0 Å². The van der Waals surface area contributed by atoms with Gasteiger partial charge in [-0.05, 0) is 0 Å². The van der Waals surface area contributed by atoms with E-state index in [1.165, 1.54) is 0 Å². The van der Waals surface area contributed by atoms with E-state index < -0.39 is 35.3 Å². The molecule has 0 aromatic rings. The van der Waals surface area contributed by atoms with Crippen LogP contribution in [0.5, 0.6) is 0 Å². The molecule has 18 heavy (non-hydrogen) atoms. The third-order valence-corrected chi connectivity index (χ3v) is 3.46. The van der Waals surface area contributed by atoms with Crippen molar-refractivity contribution in [1.29, 1.82) is 0 Å². The molecule has 2 saturated heterocycles. The van der Waals surface area contributed by atoms with Gasteiger partial charge in [0.05, 0.1) is 27.4 Å². The van der Waals surface area contributed by atoms with Gasteiger partial charge in [-0.1, -0.05) is 0 Å². The van der Waals surface area contributed by atoms with E-state index in [-0.39, 0.29) is 13.2 Å². The highest BCUT2D eigenvalue weighted by Crippen LogP contribution is 2.49. The molecule has 0 saturated carbocycles. The molecule has 2 rings (SSSR count). The van der Waals surface area contributed by atoms with Crippen LogP contribution < -0.4 is 0 Å². The summed E-state index contributed by atoms with van der Waals surface area (Å²) in [4.78, 5) is 22.7. The first-order valence-corrected chi connectivity index (χ1v) is 5.24. The number of ether oxygens (including phenoxy) is 4. The summed E-state index contributed by atoms with van der Waals surface area (Å²) in [6, 6.07) is 0. The summed E-state index contributed by atoms with van der Waals surface area (Å²) >= 11 is 0. The Labute approximate surface area is 102 Å². The molecule has 0 aromatic carbocycles. The zero-order valence-electron chi connectivity index (χ0n) is 9.91. The van der Waals surface area contributed by atoms with Crippen LogP contribution in [-0.4, -0.2) is 73.0 Å². The summed E-state index contributed by atoms with van der Waals surface area (Å²) in [6.07, 6.45) is -2.98. The number of esters is 2. The van der Waals surface area contributed by atoms with Gasteiger partial charge in [0.2, 0.25) is 0 Å². The normalized spacial score (nSPS) is 39.4. The van der Waals surface area contributed by atoms with Gasteiger partial charge in [-0.25, -0.2) is 9.59 Å². The molecule has 8 heteroatoms. The first kappa shape index (κ1) is 13.2. The van der Waals surface area contributed by atoms with Crippen molar-refractivity contribution in [3.63, 3.8) is 0 Å². The number of rotatable bonds is 3. The van der Waals surface area contributed by atoms with Gasteiger partial charge in [0.25, 0.3) is 0 Å². The van der Waals surface area contributed by atoms with Crippen molar-refractivity contribution >= 4 is 11.9 Å². The molecule has 0 bridgehead atoms. The molecule has 2 fully saturated rings. The zero-order valence-corrected chi connectivity index (χ0v) is 9.91. The molecule has 2 N–H and O–H groups in total. The van der Waals surface area contributed by atoms with Gasteiger partial charge in [0.15, 0.2) is 23.4 Å². The molecule has 102 valence electrons. The van der Waals surface area contributed by atoms with Gasteiger partial charge in [-0.15, -0.1) is 0 Å². The molecular weight excluding hydrogens is 248 g/mol. The fourth-order valence-corrected chi connectivity index (χ4v) is 2.18. The second-order valence-electron chi connectivity index (χ2n) is 4.24. The molecule has 2 aliphatic rings. The minimum atomic E-state index is -1.92. The van der Waals surface area contributed by atoms with Crippen molar-refractivity contribution in [3.05, 3.63) is 0 Å². The summed E-state index contributed by atoms with van der Waals surface area (Å²) in [7, 11) is 2.24. The van der Waals surface area contributed by atoms with E-state index in [9.17, 15) is 19.8 Å². The van der Waals surface area contributed by atoms with Crippen molar-refractivity contribution in [2.75, 3.05) is 27.4 Å². The first-order chi connectivity index (χ1) is 8.43. The van der Waals surface area contributed by atoms with Crippen LogP contribution in [0.1, 0.15) is 0 Å². The fraction of sp³-hybridized carbons (Fsp3) is 0.800. The number of methoxy groups -OCH3 is 2. The van der Waals surface area contributed by atoms with Gasteiger partial charge in [-0.3, -0.25) is 0 Å². The zero-order chi connectivity index (χ0) is 13.6. The van der Waals surface area contributed by atoms with E-state index in [4.69, 9.17) is 9.47 Å². The lowest BCUT2D eigenvalue weighted by molar-refractivity contribution is -0.414. The molecule has 8 nitrogen and oxygen atoms in total. The highest BCUT2D eigenvalue weighted by molar-refractivity contribution is 5.81. The fourth-order valence-electron chi connectivity index (χ4n) is 2.18. The van der Waals surface area contributed by atoms with Crippen LogP contribution in [0.3, 0.4) is 0 Å². The molecule has 2 heterocycles. The molecule has 0 aliphatic carbocycles. The number of carbonyl (C=O) groups is 2. The van der Waals surface area contributed by atoms with Crippen LogP contribution in [0.25, 0.3) is 0 Å². The predicted octanol–water partition coefficient (Wildman–Crippen LogP) is -2.41. The standard InChI is InChI=1S/C10H14O8/c1-15-7(12)5(11)9(14)3-18-10(9)4-17-6(10)8(13)16-2/h5-6,11,14H,3-4H2,1-2H3/t5-,6+,9-,10-/m1/s1. The second kappa shape index (κ2) is 4.16. The van der Waals surface area contributed by atoms with E-state index in [1.807, 2.05) is 0 Å². The highest BCUT2D eigenvalue weighted by Gasteiger charge is 2.76. The predicted molar refractivity (Wildman–Crippen MR) is 53.4 cm³/mol. The molecular formula is C10H14O8. The SMILES string of the molecule is COC(=O)[C@@H](O)[C@]1(O)CO[C@@]12CO[C@H]2C(=O)OC. The van der Waals surface area contributed by atoms with E-state index >= 15 is 0 Å². The van der Waals surface area contributed by atoms with Crippen molar-refractivity contribution in [3.8, 4) is 0 Å². The quantitative estimate of drug-likeness (QED) is 0.541. The lowest BCUT2D eigenvalue weighted by Gasteiger charge is -2.62. The van der Waals surface area contributed by atoms with Crippen LogP contribution in [0, 0.1) is 0 Å². The second-order valence-corrected chi connectivity index (χ2v) is 4.24. The largest absolute Gasteiger partial charge is 0.467 e. The van der Waals surface area contributed by atoms with Crippen LogP contribution in [-0.2, 0) is 28.5 Å². The summed E-state index contributed by atoms with van der Waals surface area (Å²) in [5.74, 6) is -1.74. The molecule has 2 aliphatic heterocycles. The Balaban J connectivity index is 2.20. The summed E-state index contributed by atoms with van der Waals surface area (Å²) in [6.45, 7) is -0.405. The van der Waals surface area contributed by atoms with Crippen LogP contribution in [0.4, 0.5) is 0 Å². The monoisotopic (exact) mass is 262 g/mol. The maximum atomic E-state index is 11.4. The van der Waals surface area contributed by atoms with Crippen LogP contribution in [0.2, 0.25) is 0 Å². The average molecular weight is 262 g/mol. The smallest absolute Gasteiger partial charge is 0.338 e. The molecule has 0 amide bonds. The van der Waals surface area contributed by atoms with E-state index in [0.29, 0.717) is 0 Å². The number of carbonyl (C=O) groups excluding carboxylic acids is 2. The van der Waals surface area contributed by atoms with Gasteiger partial charge < -0.3 is 29.2 Å². The van der Waals surface area contributed by atoms with Gasteiger partial charge in [-0.2, -0.15) is 0 Å². The van der Waals surface area contributed by atoms with Crippen molar-refractivity contribution in [1.82, 2.24) is 0 Å². The van der Waals surface area contributed by atoms with E-state index in [0.717, 1.165) is 14.2 Å². The minimum Gasteiger partial charge on any atom is -0.467 e. The maximum Gasteiger partial charge on any atom is 0.338 e. The van der Waals surface area contributed by atoms with Gasteiger partial charge in [0.1, 0.15) is 0 Å². The number of hydrogen-bond donors (Lipinski definition) is 2. The summed E-state index contributed by atoms with van der Waals surface area (Å²) < 4.78 is 19.0. The minimum absolute atomic E-state index is 0.114. The van der Waals surface area contributed by atoms with Gasteiger partial charge >= 0.3 is 11.9 Å². The summed E-state index contributed by atoms with van der Waals surface area (Å²) in [5, 5.41) is 20.1. The Kier molecular flexibility index (Phi) is 3.06. The lowest BCUT2D eigenvalue weighted by Crippen LogP contribution is -2.86. The third kappa shape index (κ3) is 1.40. The number of aliphatic hydroxyl groups is 2. The molecule has 0 radical (unpaired) electrons. The van der Waals surface area contributed by atoms with E-state index in [1.54, 1.807) is 0 Å². The van der Waals surface area contributed by atoms with Gasteiger partial charge in [0, 0.05) is 0 Å². The highest BCUT2D eigenvalue weighted by atomic mass is 16.7.